The first-order valence-corrected chi connectivity index (χ1v) is 9.86. The summed E-state index contributed by atoms with van der Waals surface area (Å²) in [7, 11) is 1.76. The Balaban J connectivity index is 1.70. The van der Waals surface area contributed by atoms with E-state index >= 15 is 0 Å². The Morgan fingerprint density at radius 1 is 1.21 bits per heavy atom. The van der Waals surface area contributed by atoms with Gasteiger partial charge in [0, 0.05) is 37.8 Å². The van der Waals surface area contributed by atoms with E-state index in [0.29, 0.717) is 43.3 Å². The molecule has 148 valence electrons. The number of ether oxygens (including phenoxy) is 2. The molecule has 6 heteroatoms. The third kappa shape index (κ3) is 3.83. The molecule has 0 spiro atoms. The lowest BCUT2D eigenvalue weighted by Gasteiger charge is -2.25. The van der Waals surface area contributed by atoms with Crippen molar-refractivity contribution < 1.29 is 14.3 Å². The van der Waals surface area contributed by atoms with Crippen LogP contribution in [-0.2, 0) is 23.0 Å². The van der Waals surface area contributed by atoms with Gasteiger partial charge in [-0.05, 0) is 61.1 Å². The monoisotopic (exact) mass is 382 g/mol. The fourth-order valence-electron chi connectivity index (χ4n) is 3.92. The molecule has 2 aliphatic heterocycles. The number of pyridine rings is 1. The molecule has 1 saturated heterocycles. The van der Waals surface area contributed by atoms with Crippen LogP contribution in [0.1, 0.15) is 30.4 Å². The van der Waals surface area contributed by atoms with Gasteiger partial charge >= 0.3 is 0 Å². The standard InChI is InChI=1S/C22H26N2O4/c1-14-8-18(11-24(2)22(14)26)17-9-16-5-6-20(25)23-21(16)19(10-17)28-13-15-4-3-7-27-12-15/h8-11,15H,3-7,12-13H2,1-2H3,(H,23,25). The molecule has 0 saturated carbocycles. The summed E-state index contributed by atoms with van der Waals surface area (Å²) in [6.07, 6.45) is 5.15. The Labute approximate surface area is 164 Å². The van der Waals surface area contributed by atoms with E-state index in [-0.39, 0.29) is 11.5 Å². The highest BCUT2D eigenvalue weighted by Gasteiger charge is 2.22. The molecule has 4 rings (SSSR count). The van der Waals surface area contributed by atoms with Crippen LogP contribution in [-0.4, -0.2) is 30.3 Å². The highest BCUT2D eigenvalue weighted by molar-refractivity contribution is 5.96. The number of nitrogens with one attached hydrogen (secondary N) is 1. The number of hydrogen-bond donors (Lipinski definition) is 1. The minimum atomic E-state index is 0.00254. The molecule has 2 aliphatic rings. The number of fused-ring (bicyclic) bond motifs is 1. The quantitative estimate of drug-likeness (QED) is 0.882. The second-order valence-corrected chi connectivity index (χ2v) is 7.78. The molecule has 1 N–H and O–H groups in total. The summed E-state index contributed by atoms with van der Waals surface area (Å²) in [5.41, 5.74) is 4.50. The van der Waals surface area contributed by atoms with Crippen LogP contribution in [0.15, 0.2) is 29.2 Å². The number of nitrogens with zero attached hydrogens (tertiary/aromatic N) is 1. The molecular weight excluding hydrogens is 356 g/mol. The van der Waals surface area contributed by atoms with Crippen molar-refractivity contribution in [1.29, 1.82) is 0 Å². The van der Waals surface area contributed by atoms with E-state index in [4.69, 9.17) is 9.47 Å². The molecule has 1 atom stereocenters. The Hall–Kier alpha value is -2.60. The molecule has 28 heavy (non-hydrogen) atoms. The third-order valence-electron chi connectivity index (χ3n) is 5.49. The van der Waals surface area contributed by atoms with Gasteiger partial charge in [0.25, 0.3) is 5.56 Å². The van der Waals surface area contributed by atoms with Crippen molar-refractivity contribution >= 4 is 11.6 Å². The number of hydrogen-bond acceptors (Lipinski definition) is 4. The van der Waals surface area contributed by atoms with Gasteiger partial charge in [-0.3, -0.25) is 9.59 Å². The van der Waals surface area contributed by atoms with Crippen molar-refractivity contribution in [2.45, 2.75) is 32.6 Å². The summed E-state index contributed by atoms with van der Waals surface area (Å²) in [5, 5.41) is 2.98. The summed E-state index contributed by atoms with van der Waals surface area (Å²) in [5.74, 6) is 1.08. The van der Waals surface area contributed by atoms with Crippen LogP contribution in [0.2, 0.25) is 0 Å². The molecule has 0 aliphatic carbocycles. The number of amides is 1. The number of anilines is 1. The molecule has 3 heterocycles. The average Bonchev–Trinajstić information content (AvgIpc) is 2.70. The molecule has 1 unspecified atom stereocenters. The first-order valence-electron chi connectivity index (χ1n) is 9.86. The van der Waals surface area contributed by atoms with Crippen molar-refractivity contribution in [2.24, 2.45) is 13.0 Å². The van der Waals surface area contributed by atoms with Crippen LogP contribution in [0.25, 0.3) is 11.1 Å². The summed E-state index contributed by atoms with van der Waals surface area (Å²) in [4.78, 5) is 24.0. The van der Waals surface area contributed by atoms with Gasteiger partial charge in [0.1, 0.15) is 5.75 Å². The molecule has 1 aromatic carbocycles. The van der Waals surface area contributed by atoms with Gasteiger partial charge < -0.3 is 19.4 Å². The smallest absolute Gasteiger partial charge is 0.253 e. The van der Waals surface area contributed by atoms with Crippen LogP contribution in [0, 0.1) is 12.8 Å². The zero-order valence-electron chi connectivity index (χ0n) is 16.4. The van der Waals surface area contributed by atoms with Gasteiger partial charge in [-0.1, -0.05) is 0 Å². The number of carbonyl (C=O) groups excluding carboxylic acids is 1. The molecule has 6 nitrogen and oxygen atoms in total. The lowest BCUT2D eigenvalue weighted by atomic mass is 9.96. The van der Waals surface area contributed by atoms with E-state index in [9.17, 15) is 9.59 Å². The van der Waals surface area contributed by atoms with Gasteiger partial charge in [-0.2, -0.15) is 0 Å². The van der Waals surface area contributed by atoms with E-state index in [1.165, 1.54) is 0 Å². The Bertz CT molecular complexity index is 931. The van der Waals surface area contributed by atoms with Gasteiger partial charge in [0.15, 0.2) is 0 Å². The minimum Gasteiger partial charge on any atom is -0.491 e. The number of carbonyl (C=O) groups is 1. The normalized spacial score (nSPS) is 19.1. The fourth-order valence-corrected chi connectivity index (χ4v) is 3.92. The highest BCUT2D eigenvalue weighted by atomic mass is 16.5. The molecule has 0 bridgehead atoms. The first-order chi connectivity index (χ1) is 13.5. The maximum atomic E-state index is 12.0. The lowest BCUT2D eigenvalue weighted by molar-refractivity contribution is -0.116. The predicted molar refractivity (Wildman–Crippen MR) is 108 cm³/mol. The van der Waals surface area contributed by atoms with E-state index in [2.05, 4.69) is 11.4 Å². The molecule has 2 aromatic rings. The number of rotatable bonds is 4. The van der Waals surface area contributed by atoms with Crippen LogP contribution in [0.4, 0.5) is 5.69 Å². The average molecular weight is 382 g/mol. The third-order valence-corrected chi connectivity index (χ3v) is 5.49. The highest BCUT2D eigenvalue weighted by Crippen LogP contribution is 2.38. The molecular formula is C22H26N2O4. The zero-order valence-corrected chi connectivity index (χ0v) is 16.4. The Morgan fingerprint density at radius 2 is 2.07 bits per heavy atom. The van der Waals surface area contributed by atoms with E-state index in [1.54, 1.807) is 11.6 Å². The summed E-state index contributed by atoms with van der Waals surface area (Å²) in [6.45, 7) is 3.93. The van der Waals surface area contributed by atoms with Crippen LogP contribution >= 0.6 is 0 Å². The SMILES string of the molecule is Cc1cc(-c2cc3c(c(OCC4CCCOC4)c2)NC(=O)CC3)cn(C)c1=O. The van der Waals surface area contributed by atoms with Gasteiger partial charge in [-0.25, -0.2) is 0 Å². The summed E-state index contributed by atoms with van der Waals surface area (Å²) >= 11 is 0. The summed E-state index contributed by atoms with van der Waals surface area (Å²) < 4.78 is 13.3. The minimum absolute atomic E-state index is 0.00254. The maximum absolute atomic E-state index is 12.0. The summed E-state index contributed by atoms with van der Waals surface area (Å²) in [6, 6.07) is 5.96. The van der Waals surface area contributed by atoms with E-state index < -0.39 is 0 Å². The van der Waals surface area contributed by atoms with Gasteiger partial charge in [0.05, 0.1) is 18.9 Å². The molecule has 0 radical (unpaired) electrons. The van der Waals surface area contributed by atoms with Crippen LogP contribution < -0.4 is 15.6 Å². The zero-order chi connectivity index (χ0) is 19.7. The predicted octanol–water partition coefficient (Wildman–Crippen LogP) is 3.05. The molecule has 1 aromatic heterocycles. The van der Waals surface area contributed by atoms with Gasteiger partial charge in [-0.15, -0.1) is 0 Å². The second-order valence-electron chi connectivity index (χ2n) is 7.78. The van der Waals surface area contributed by atoms with Crippen LogP contribution in [0.5, 0.6) is 5.75 Å². The van der Waals surface area contributed by atoms with Gasteiger partial charge in [0.2, 0.25) is 5.91 Å². The van der Waals surface area contributed by atoms with E-state index in [0.717, 1.165) is 41.8 Å². The lowest BCUT2D eigenvalue weighted by Crippen LogP contribution is -2.24. The maximum Gasteiger partial charge on any atom is 0.253 e. The van der Waals surface area contributed by atoms with Crippen molar-refractivity contribution in [2.75, 3.05) is 25.1 Å². The van der Waals surface area contributed by atoms with Crippen molar-refractivity contribution in [3.05, 3.63) is 45.9 Å². The van der Waals surface area contributed by atoms with Crippen molar-refractivity contribution in [3.63, 3.8) is 0 Å². The largest absolute Gasteiger partial charge is 0.491 e. The topological polar surface area (TPSA) is 69.6 Å². The Kier molecular flexibility index (Phi) is 5.22. The number of aromatic nitrogens is 1. The fraction of sp³-hybridized carbons (Fsp3) is 0.455. The van der Waals surface area contributed by atoms with Crippen molar-refractivity contribution in [3.8, 4) is 16.9 Å². The van der Waals surface area contributed by atoms with E-state index in [1.807, 2.05) is 25.3 Å². The first kappa shape index (κ1) is 18.7. The van der Waals surface area contributed by atoms with Crippen LogP contribution in [0.3, 0.4) is 0 Å². The van der Waals surface area contributed by atoms with Crippen molar-refractivity contribution in [1.82, 2.24) is 4.57 Å². The number of benzene rings is 1. The molecule has 1 fully saturated rings. The number of aryl methyl sites for hydroxylation is 3. The Morgan fingerprint density at radius 3 is 2.82 bits per heavy atom. The second kappa shape index (κ2) is 7.80. The molecule has 1 amide bonds.